The summed E-state index contributed by atoms with van der Waals surface area (Å²) in [5.41, 5.74) is 1.61. The molecule has 6 heterocycles. The van der Waals surface area contributed by atoms with Crippen LogP contribution in [0.2, 0.25) is 0 Å². The maximum Gasteiger partial charge on any atom is 0.407 e. The third kappa shape index (κ3) is 4.06. The summed E-state index contributed by atoms with van der Waals surface area (Å²) in [6.07, 6.45) is 3.13. The lowest BCUT2D eigenvalue weighted by atomic mass is 10.0. The molecule has 0 spiro atoms. The van der Waals surface area contributed by atoms with Gasteiger partial charge in [0.25, 0.3) is 5.56 Å². The molecule has 1 N–H and O–H groups in total. The molecule has 1 unspecified atom stereocenters. The third-order valence-corrected chi connectivity index (χ3v) is 7.63. The SMILES string of the molecule is O=C(O)N(Cc1cc2c(cn1)OCCO2)C1CCN(CC2Cn3c4c(ccc3=O)CCC(=O)N42)CC1. The van der Waals surface area contributed by atoms with E-state index >= 15 is 0 Å². The molecule has 0 bridgehead atoms. The van der Waals surface area contributed by atoms with Gasteiger partial charge in [-0.05, 0) is 30.9 Å². The molecule has 36 heavy (non-hydrogen) atoms. The van der Waals surface area contributed by atoms with Gasteiger partial charge in [-0.1, -0.05) is 0 Å². The molecule has 4 aliphatic rings. The summed E-state index contributed by atoms with van der Waals surface area (Å²) in [6.45, 7) is 3.73. The Morgan fingerprint density at radius 1 is 1.11 bits per heavy atom. The first-order chi connectivity index (χ1) is 17.5. The largest absolute Gasteiger partial charge is 0.486 e. The van der Waals surface area contributed by atoms with E-state index in [1.165, 1.54) is 4.90 Å². The molecule has 11 nitrogen and oxygen atoms in total. The number of carboxylic acid groups (broad SMARTS) is 1. The standard InChI is InChI=1S/C25H29N5O6/c31-22-3-1-16-2-4-23(32)30-19(15-29(22)24(16)30)14-27-7-5-18(6-8-27)28(25(33)34)13-17-11-20-21(12-26-17)36-10-9-35-20/h1,3,11-12,18-19H,2,4-10,13-15H2,(H,33,34). The number of rotatable bonds is 5. The van der Waals surface area contributed by atoms with Crippen LogP contribution in [-0.2, 0) is 24.3 Å². The fourth-order valence-electron chi connectivity index (χ4n) is 5.87. The number of amides is 2. The Kier molecular flexibility index (Phi) is 5.79. The molecule has 0 aliphatic carbocycles. The Balaban J connectivity index is 1.10. The van der Waals surface area contributed by atoms with Crippen molar-refractivity contribution in [3.05, 3.63) is 46.0 Å². The van der Waals surface area contributed by atoms with E-state index in [0.29, 0.717) is 69.2 Å². The minimum Gasteiger partial charge on any atom is -0.486 e. The first-order valence-corrected chi connectivity index (χ1v) is 12.5. The predicted octanol–water partition coefficient (Wildman–Crippen LogP) is 1.32. The summed E-state index contributed by atoms with van der Waals surface area (Å²) in [5.74, 6) is 2.01. The van der Waals surface area contributed by atoms with Gasteiger partial charge in [-0.2, -0.15) is 0 Å². The molecule has 2 aromatic rings. The Morgan fingerprint density at radius 3 is 2.67 bits per heavy atom. The maximum atomic E-state index is 12.8. The molecule has 190 valence electrons. The lowest BCUT2D eigenvalue weighted by Gasteiger charge is -2.39. The summed E-state index contributed by atoms with van der Waals surface area (Å²) in [4.78, 5) is 47.2. The first-order valence-electron chi connectivity index (χ1n) is 12.5. The van der Waals surface area contributed by atoms with Crippen LogP contribution >= 0.6 is 0 Å². The molecule has 1 fully saturated rings. The number of ether oxygens (including phenoxy) is 2. The van der Waals surface area contributed by atoms with Gasteiger partial charge in [-0.25, -0.2) is 4.79 Å². The summed E-state index contributed by atoms with van der Waals surface area (Å²) >= 11 is 0. The number of nitrogens with zero attached hydrogens (tertiary/aromatic N) is 5. The van der Waals surface area contributed by atoms with E-state index < -0.39 is 6.09 Å². The van der Waals surface area contributed by atoms with Gasteiger partial charge in [0.1, 0.15) is 19.0 Å². The molecule has 6 rings (SSSR count). The van der Waals surface area contributed by atoms with Gasteiger partial charge in [0.15, 0.2) is 11.5 Å². The number of anilines is 1. The number of aromatic nitrogens is 2. The van der Waals surface area contributed by atoms with E-state index in [-0.39, 0.29) is 30.1 Å². The molecule has 0 aromatic carbocycles. The van der Waals surface area contributed by atoms with Crippen LogP contribution in [0.1, 0.15) is 30.5 Å². The summed E-state index contributed by atoms with van der Waals surface area (Å²) in [5, 5.41) is 9.93. The average molecular weight is 496 g/mol. The second-order valence-corrected chi connectivity index (χ2v) is 9.81. The van der Waals surface area contributed by atoms with Gasteiger partial charge in [0.05, 0.1) is 24.5 Å². The zero-order valence-electron chi connectivity index (χ0n) is 20.0. The Labute approximate surface area is 207 Å². The molecule has 0 saturated carbocycles. The van der Waals surface area contributed by atoms with Crippen molar-refractivity contribution in [2.24, 2.45) is 0 Å². The predicted molar refractivity (Wildman–Crippen MR) is 129 cm³/mol. The summed E-state index contributed by atoms with van der Waals surface area (Å²) in [7, 11) is 0. The van der Waals surface area contributed by atoms with Crippen molar-refractivity contribution in [3.63, 3.8) is 0 Å². The maximum absolute atomic E-state index is 12.8. The zero-order valence-corrected chi connectivity index (χ0v) is 20.0. The fourth-order valence-corrected chi connectivity index (χ4v) is 5.87. The van der Waals surface area contributed by atoms with E-state index in [9.17, 15) is 19.5 Å². The summed E-state index contributed by atoms with van der Waals surface area (Å²) in [6, 6.07) is 4.99. The van der Waals surface area contributed by atoms with Crippen molar-refractivity contribution in [1.82, 2.24) is 19.4 Å². The van der Waals surface area contributed by atoms with Crippen molar-refractivity contribution in [2.45, 2.75) is 50.9 Å². The van der Waals surface area contributed by atoms with Gasteiger partial charge < -0.3 is 19.5 Å². The average Bonchev–Trinajstić information content (AvgIpc) is 3.27. The Morgan fingerprint density at radius 2 is 1.89 bits per heavy atom. The topological polar surface area (TPSA) is 117 Å². The normalized spacial score (nSPS) is 21.4. The van der Waals surface area contributed by atoms with Crippen LogP contribution in [0, 0.1) is 0 Å². The second-order valence-electron chi connectivity index (χ2n) is 9.81. The molecular formula is C25H29N5O6. The van der Waals surface area contributed by atoms with E-state index in [4.69, 9.17) is 9.47 Å². The van der Waals surface area contributed by atoms with Crippen LogP contribution in [0.5, 0.6) is 11.5 Å². The van der Waals surface area contributed by atoms with Crippen molar-refractivity contribution in [1.29, 1.82) is 0 Å². The van der Waals surface area contributed by atoms with Crippen LogP contribution in [0.25, 0.3) is 0 Å². The third-order valence-electron chi connectivity index (χ3n) is 7.63. The van der Waals surface area contributed by atoms with E-state index in [0.717, 1.165) is 24.5 Å². The van der Waals surface area contributed by atoms with Gasteiger partial charge in [-0.15, -0.1) is 0 Å². The first kappa shape index (κ1) is 22.8. The number of carbonyl (C=O) groups excluding carboxylic acids is 1. The number of likely N-dealkylation sites (tertiary alicyclic amines) is 1. The lowest BCUT2D eigenvalue weighted by molar-refractivity contribution is -0.119. The van der Waals surface area contributed by atoms with E-state index in [1.807, 2.05) is 11.0 Å². The number of pyridine rings is 2. The van der Waals surface area contributed by atoms with E-state index in [1.54, 1.807) is 22.9 Å². The molecule has 4 aliphatic heterocycles. The molecule has 1 saturated heterocycles. The number of aryl methyl sites for hydroxylation is 1. The van der Waals surface area contributed by atoms with Crippen LogP contribution in [0.15, 0.2) is 29.2 Å². The van der Waals surface area contributed by atoms with Crippen LogP contribution in [0.4, 0.5) is 10.6 Å². The van der Waals surface area contributed by atoms with Gasteiger partial charge in [0.2, 0.25) is 5.91 Å². The minimum absolute atomic E-state index is 0.0699. The van der Waals surface area contributed by atoms with Crippen LogP contribution in [0.3, 0.4) is 0 Å². The molecule has 2 amide bonds. The quantitative estimate of drug-likeness (QED) is 0.660. The number of fused-ring (bicyclic) bond motifs is 1. The molecular weight excluding hydrogens is 466 g/mol. The minimum atomic E-state index is -0.970. The highest BCUT2D eigenvalue weighted by molar-refractivity contribution is 5.96. The number of hydrogen-bond donors (Lipinski definition) is 1. The van der Waals surface area contributed by atoms with Crippen molar-refractivity contribution >= 4 is 17.8 Å². The Bertz CT molecular complexity index is 1250. The number of carbonyl (C=O) groups is 2. The number of piperidine rings is 1. The lowest BCUT2D eigenvalue weighted by Crippen LogP contribution is -2.51. The van der Waals surface area contributed by atoms with Crippen LogP contribution in [-0.4, -0.2) is 81.4 Å². The molecule has 1 atom stereocenters. The molecule has 11 heteroatoms. The van der Waals surface area contributed by atoms with Crippen molar-refractivity contribution in [2.75, 3.05) is 37.7 Å². The second kappa shape index (κ2) is 9.12. The van der Waals surface area contributed by atoms with Gasteiger partial charge in [-0.3, -0.25) is 28.9 Å². The van der Waals surface area contributed by atoms with Crippen LogP contribution < -0.4 is 19.9 Å². The van der Waals surface area contributed by atoms with Gasteiger partial charge in [0, 0.05) is 50.8 Å². The molecule has 0 radical (unpaired) electrons. The Hall–Kier alpha value is -3.60. The highest BCUT2D eigenvalue weighted by Crippen LogP contribution is 2.34. The summed E-state index contributed by atoms with van der Waals surface area (Å²) < 4.78 is 12.8. The van der Waals surface area contributed by atoms with E-state index in [2.05, 4.69) is 9.88 Å². The smallest absolute Gasteiger partial charge is 0.407 e. The van der Waals surface area contributed by atoms with Crippen molar-refractivity contribution < 1.29 is 24.2 Å². The monoisotopic (exact) mass is 495 g/mol. The zero-order chi connectivity index (χ0) is 24.8. The van der Waals surface area contributed by atoms with Crippen molar-refractivity contribution in [3.8, 4) is 11.5 Å². The fraction of sp³-hybridized carbons (Fsp3) is 0.520. The number of hydrogen-bond acceptors (Lipinski definition) is 7. The highest BCUT2D eigenvalue weighted by atomic mass is 16.6. The highest BCUT2D eigenvalue weighted by Gasteiger charge is 2.40. The molecule has 2 aromatic heterocycles. The van der Waals surface area contributed by atoms with Gasteiger partial charge >= 0.3 is 6.09 Å².